The SMILES string of the molecule is CC(=O)c1ccc(S(=O)(=O)NCc2nc3cccnc3n2C2CC2)cc1. The average molecular weight is 370 g/mol. The fraction of sp³-hybridized carbons (Fsp3) is 0.278. The van der Waals surface area contributed by atoms with Crippen LogP contribution in [0.4, 0.5) is 0 Å². The fourth-order valence-electron chi connectivity index (χ4n) is 2.93. The van der Waals surface area contributed by atoms with Crippen LogP contribution in [0.2, 0.25) is 0 Å². The van der Waals surface area contributed by atoms with Gasteiger partial charge in [-0.3, -0.25) is 4.79 Å². The molecule has 2 aromatic heterocycles. The van der Waals surface area contributed by atoms with Crippen molar-refractivity contribution in [1.29, 1.82) is 0 Å². The molecule has 0 spiro atoms. The van der Waals surface area contributed by atoms with Crippen LogP contribution in [-0.4, -0.2) is 28.7 Å². The van der Waals surface area contributed by atoms with Gasteiger partial charge in [0.05, 0.1) is 11.4 Å². The maximum absolute atomic E-state index is 12.5. The largest absolute Gasteiger partial charge is 0.308 e. The molecule has 26 heavy (non-hydrogen) atoms. The number of imidazole rings is 1. The molecule has 0 saturated heterocycles. The van der Waals surface area contributed by atoms with Gasteiger partial charge < -0.3 is 4.57 Å². The van der Waals surface area contributed by atoms with Crippen molar-refractivity contribution in [2.75, 3.05) is 0 Å². The number of carbonyl (C=O) groups excluding carboxylic acids is 1. The van der Waals surface area contributed by atoms with Crippen LogP contribution < -0.4 is 4.72 Å². The molecule has 2 heterocycles. The van der Waals surface area contributed by atoms with Crippen LogP contribution >= 0.6 is 0 Å². The lowest BCUT2D eigenvalue weighted by Gasteiger charge is -2.09. The van der Waals surface area contributed by atoms with Gasteiger partial charge in [0.2, 0.25) is 10.0 Å². The number of benzene rings is 1. The Morgan fingerprint density at radius 3 is 2.62 bits per heavy atom. The van der Waals surface area contributed by atoms with Crippen molar-refractivity contribution in [3.63, 3.8) is 0 Å². The summed E-state index contributed by atoms with van der Waals surface area (Å²) < 4.78 is 29.7. The Hall–Kier alpha value is -2.58. The van der Waals surface area contributed by atoms with Gasteiger partial charge in [0.25, 0.3) is 0 Å². The van der Waals surface area contributed by atoms with E-state index in [-0.39, 0.29) is 17.2 Å². The number of fused-ring (bicyclic) bond motifs is 1. The van der Waals surface area contributed by atoms with E-state index in [1.165, 1.54) is 31.2 Å². The first-order valence-electron chi connectivity index (χ1n) is 8.38. The van der Waals surface area contributed by atoms with Crippen molar-refractivity contribution in [1.82, 2.24) is 19.3 Å². The van der Waals surface area contributed by atoms with Crippen LogP contribution in [0.25, 0.3) is 11.2 Å². The number of carbonyl (C=O) groups is 1. The Balaban J connectivity index is 1.59. The zero-order valence-electron chi connectivity index (χ0n) is 14.2. The monoisotopic (exact) mass is 370 g/mol. The van der Waals surface area contributed by atoms with Crippen LogP contribution in [-0.2, 0) is 16.6 Å². The summed E-state index contributed by atoms with van der Waals surface area (Å²) in [6.07, 6.45) is 3.82. The minimum atomic E-state index is -3.70. The van der Waals surface area contributed by atoms with Crippen molar-refractivity contribution >= 4 is 27.0 Å². The number of hydrogen-bond acceptors (Lipinski definition) is 5. The topological polar surface area (TPSA) is 93.9 Å². The smallest absolute Gasteiger partial charge is 0.240 e. The van der Waals surface area contributed by atoms with Gasteiger partial charge in [0, 0.05) is 17.8 Å². The standard InChI is InChI=1S/C18H18N4O3S/c1-12(23)13-4-8-15(9-5-13)26(24,25)20-11-17-21-16-3-2-10-19-18(16)22(17)14-6-7-14/h2-5,8-10,14,20H,6-7,11H2,1H3. The normalized spacial score (nSPS) is 14.7. The van der Waals surface area contributed by atoms with E-state index in [2.05, 4.69) is 14.7 Å². The number of aromatic nitrogens is 3. The molecule has 3 aromatic rings. The Morgan fingerprint density at radius 2 is 1.96 bits per heavy atom. The number of ketones is 1. The van der Waals surface area contributed by atoms with Crippen molar-refractivity contribution < 1.29 is 13.2 Å². The van der Waals surface area contributed by atoms with Crippen molar-refractivity contribution in [3.05, 3.63) is 54.0 Å². The van der Waals surface area contributed by atoms with Gasteiger partial charge in [-0.2, -0.15) is 0 Å². The van der Waals surface area contributed by atoms with Crippen LogP contribution in [0.3, 0.4) is 0 Å². The van der Waals surface area contributed by atoms with Gasteiger partial charge in [-0.05, 0) is 44.0 Å². The van der Waals surface area contributed by atoms with E-state index in [1.54, 1.807) is 6.20 Å². The van der Waals surface area contributed by atoms with Crippen molar-refractivity contribution in [3.8, 4) is 0 Å². The molecule has 1 aliphatic carbocycles. The molecule has 1 saturated carbocycles. The lowest BCUT2D eigenvalue weighted by Crippen LogP contribution is -2.25. The quantitative estimate of drug-likeness (QED) is 0.673. The molecule has 0 radical (unpaired) electrons. The highest BCUT2D eigenvalue weighted by Crippen LogP contribution is 2.38. The third-order valence-corrected chi connectivity index (χ3v) is 5.84. The van der Waals surface area contributed by atoms with Gasteiger partial charge in [-0.1, -0.05) is 12.1 Å². The van der Waals surface area contributed by atoms with Gasteiger partial charge in [0.15, 0.2) is 11.4 Å². The number of sulfonamides is 1. The highest BCUT2D eigenvalue weighted by atomic mass is 32.2. The molecule has 0 bridgehead atoms. The average Bonchev–Trinajstić information content (AvgIpc) is 3.40. The highest BCUT2D eigenvalue weighted by Gasteiger charge is 2.29. The zero-order valence-corrected chi connectivity index (χ0v) is 15.0. The number of rotatable bonds is 6. The zero-order chi connectivity index (χ0) is 18.3. The summed E-state index contributed by atoms with van der Waals surface area (Å²) in [5, 5.41) is 0. The Bertz CT molecular complexity index is 1080. The van der Waals surface area contributed by atoms with Crippen LogP contribution in [0.1, 0.15) is 42.0 Å². The predicted octanol–water partition coefficient (Wildman–Crippen LogP) is 2.45. The molecule has 134 valence electrons. The molecule has 1 aliphatic rings. The second-order valence-corrected chi connectivity index (χ2v) is 8.15. The minimum Gasteiger partial charge on any atom is -0.308 e. The molecule has 8 heteroatoms. The first-order chi connectivity index (χ1) is 12.5. The first-order valence-corrected chi connectivity index (χ1v) is 9.86. The number of pyridine rings is 1. The molecule has 4 rings (SSSR count). The summed E-state index contributed by atoms with van der Waals surface area (Å²) in [5.74, 6) is 0.553. The van der Waals surface area contributed by atoms with Crippen LogP contribution in [0, 0.1) is 0 Å². The number of nitrogens with one attached hydrogen (secondary N) is 1. The van der Waals surface area contributed by atoms with E-state index in [4.69, 9.17) is 0 Å². The summed E-state index contributed by atoms with van der Waals surface area (Å²) in [5.41, 5.74) is 2.03. The number of Topliss-reactive ketones (excluding diaryl/α,β-unsaturated/α-hetero) is 1. The molecule has 0 unspecified atom stereocenters. The lowest BCUT2D eigenvalue weighted by molar-refractivity contribution is 0.101. The Morgan fingerprint density at radius 1 is 1.23 bits per heavy atom. The molecule has 0 atom stereocenters. The molecule has 1 N–H and O–H groups in total. The van der Waals surface area contributed by atoms with E-state index in [1.807, 2.05) is 16.7 Å². The van der Waals surface area contributed by atoms with Crippen molar-refractivity contribution in [2.24, 2.45) is 0 Å². The Kier molecular flexibility index (Phi) is 4.08. The second kappa shape index (κ2) is 6.30. The Labute approximate surface area is 151 Å². The minimum absolute atomic E-state index is 0.0870. The van der Waals surface area contributed by atoms with Gasteiger partial charge >= 0.3 is 0 Å². The van der Waals surface area contributed by atoms with Gasteiger partial charge in [-0.15, -0.1) is 0 Å². The van der Waals surface area contributed by atoms with Gasteiger partial charge in [-0.25, -0.2) is 23.1 Å². The third-order valence-electron chi connectivity index (χ3n) is 4.43. The van der Waals surface area contributed by atoms with Crippen LogP contribution in [0.5, 0.6) is 0 Å². The summed E-state index contributed by atoms with van der Waals surface area (Å²) in [6.45, 7) is 1.53. The molecule has 0 aliphatic heterocycles. The van der Waals surface area contributed by atoms with E-state index < -0.39 is 10.0 Å². The third kappa shape index (κ3) is 3.13. The second-order valence-electron chi connectivity index (χ2n) is 6.38. The number of nitrogens with zero attached hydrogens (tertiary/aromatic N) is 3. The summed E-state index contributed by atoms with van der Waals surface area (Å²) in [4.78, 5) is 20.4. The van der Waals surface area contributed by atoms with Gasteiger partial charge in [0.1, 0.15) is 11.3 Å². The first kappa shape index (κ1) is 16.9. The van der Waals surface area contributed by atoms with E-state index in [9.17, 15) is 13.2 Å². The lowest BCUT2D eigenvalue weighted by atomic mass is 10.2. The summed E-state index contributed by atoms with van der Waals surface area (Å²) in [7, 11) is -3.70. The maximum Gasteiger partial charge on any atom is 0.240 e. The molecular formula is C18H18N4O3S. The predicted molar refractivity (Wildman–Crippen MR) is 96.3 cm³/mol. The number of hydrogen-bond donors (Lipinski definition) is 1. The summed E-state index contributed by atoms with van der Waals surface area (Å²) in [6, 6.07) is 9.93. The maximum atomic E-state index is 12.5. The molecular weight excluding hydrogens is 352 g/mol. The van der Waals surface area contributed by atoms with E-state index in [0.717, 1.165) is 24.0 Å². The molecule has 1 aromatic carbocycles. The fourth-order valence-corrected chi connectivity index (χ4v) is 3.91. The summed E-state index contributed by atoms with van der Waals surface area (Å²) >= 11 is 0. The molecule has 7 nitrogen and oxygen atoms in total. The molecule has 0 amide bonds. The van der Waals surface area contributed by atoms with E-state index >= 15 is 0 Å². The van der Waals surface area contributed by atoms with E-state index in [0.29, 0.717) is 17.4 Å². The molecule has 1 fully saturated rings. The van der Waals surface area contributed by atoms with Crippen molar-refractivity contribution in [2.45, 2.75) is 37.2 Å². The van der Waals surface area contributed by atoms with Crippen LogP contribution in [0.15, 0.2) is 47.5 Å². The highest BCUT2D eigenvalue weighted by molar-refractivity contribution is 7.89.